The Balaban J connectivity index is 1.92. The molecule has 110 valence electrons. The zero-order chi connectivity index (χ0) is 14.6. The van der Waals surface area contributed by atoms with Crippen LogP contribution in [0.25, 0.3) is 0 Å². The number of hydrogen-bond donors (Lipinski definition) is 2. The van der Waals surface area contributed by atoms with Crippen molar-refractivity contribution in [3.63, 3.8) is 0 Å². The lowest BCUT2D eigenvalue weighted by atomic mass is 10.2. The normalized spacial score (nSPS) is 19.6. The van der Waals surface area contributed by atoms with Gasteiger partial charge >= 0.3 is 0 Å². The summed E-state index contributed by atoms with van der Waals surface area (Å²) < 4.78 is 27.9. The molecule has 2 rings (SSSR count). The van der Waals surface area contributed by atoms with Gasteiger partial charge in [0.2, 0.25) is 0 Å². The summed E-state index contributed by atoms with van der Waals surface area (Å²) in [6.45, 7) is 2.53. The summed E-state index contributed by atoms with van der Waals surface area (Å²) in [5, 5.41) is 6.03. The quantitative estimate of drug-likeness (QED) is 0.805. The molecule has 1 aliphatic heterocycles. The molecule has 7 heteroatoms. The summed E-state index contributed by atoms with van der Waals surface area (Å²) >= 11 is 0. The van der Waals surface area contributed by atoms with E-state index in [1.165, 1.54) is 24.3 Å². The predicted octanol–water partition coefficient (Wildman–Crippen LogP) is -0.192. The summed E-state index contributed by atoms with van der Waals surface area (Å²) in [4.78, 5) is 12.1. The molecular weight excluding hydrogens is 280 g/mol. The number of hydrogen-bond acceptors (Lipinski definition) is 5. The number of benzene rings is 1. The molecule has 1 unspecified atom stereocenters. The monoisotopic (exact) mass is 298 g/mol. The van der Waals surface area contributed by atoms with Gasteiger partial charge in [-0.15, -0.1) is 0 Å². The van der Waals surface area contributed by atoms with Gasteiger partial charge in [0.15, 0.2) is 9.84 Å². The van der Waals surface area contributed by atoms with E-state index >= 15 is 0 Å². The van der Waals surface area contributed by atoms with E-state index in [2.05, 4.69) is 10.6 Å². The van der Waals surface area contributed by atoms with Crippen molar-refractivity contribution in [1.82, 2.24) is 10.6 Å². The molecule has 0 bridgehead atoms. The molecular formula is C13H18N2O4S. The lowest BCUT2D eigenvalue weighted by Crippen LogP contribution is -2.48. The number of rotatable bonds is 4. The third-order valence-corrected chi connectivity index (χ3v) is 4.18. The van der Waals surface area contributed by atoms with Crippen molar-refractivity contribution >= 4 is 15.7 Å². The summed E-state index contributed by atoms with van der Waals surface area (Å²) in [5.41, 5.74) is 0.439. The predicted molar refractivity (Wildman–Crippen MR) is 74.5 cm³/mol. The first-order chi connectivity index (χ1) is 9.47. The largest absolute Gasteiger partial charge is 0.378 e. The van der Waals surface area contributed by atoms with E-state index in [4.69, 9.17) is 4.74 Å². The van der Waals surface area contributed by atoms with Gasteiger partial charge in [0.25, 0.3) is 5.91 Å². The zero-order valence-electron chi connectivity index (χ0n) is 11.3. The molecule has 1 fully saturated rings. The number of carbonyl (C=O) groups is 1. The molecule has 1 saturated heterocycles. The molecule has 20 heavy (non-hydrogen) atoms. The third kappa shape index (κ3) is 4.03. The van der Waals surface area contributed by atoms with Crippen molar-refractivity contribution in [3.8, 4) is 0 Å². The van der Waals surface area contributed by atoms with Crippen LogP contribution in [-0.2, 0) is 14.6 Å². The van der Waals surface area contributed by atoms with Crippen LogP contribution in [0.5, 0.6) is 0 Å². The maximum Gasteiger partial charge on any atom is 0.251 e. The standard InChI is InChI=1S/C13H18N2O4S/c1-20(17,18)12-4-2-10(3-5-12)13(16)15-8-11-9-19-7-6-14-11/h2-5,11,14H,6-9H2,1H3,(H,15,16). The van der Waals surface area contributed by atoms with Crippen LogP contribution in [0.1, 0.15) is 10.4 Å². The number of sulfone groups is 1. The second-order valence-corrected chi connectivity index (χ2v) is 6.75. The zero-order valence-corrected chi connectivity index (χ0v) is 12.1. The fraction of sp³-hybridized carbons (Fsp3) is 0.462. The molecule has 0 saturated carbocycles. The average molecular weight is 298 g/mol. The Kier molecular flexibility index (Phi) is 4.74. The second-order valence-electron chi connectivity index (χ2n) is 4.73. The van der Waals surface area contributed by atoms with Crippen molar-refractivity contribution in [2.75, 3.05) is 32.6 Å². The number of nitrogens with one attached hydrogen (secondary N) is 2. The summed E-state index contributed by atoms with van der Waals surface area (Å²) in [6, 6.07) is 6.01. The van der Waals surface area contributed by atoms with Crippen LogP contribution in [0.15, 0.2) is 29.2 Å². The van der Waals surface area contributed by atoms with Crippen molar-refractivity contribution in [3.05, 3.63) is 29.8 Å². The van der Waals surface area contributed by atoms with Crippen molar-refractivity contribution in [2.24, 2.45) is 0 Å². The maximum absolute atomic E-state index is 11.9. The molecule has 1 aliphatic rings. The highest BCUT2D eigenvalue weighted by Crippen LogP contribution is 2.10. The van der Waals surface area contributed by atoms with Gasteiger partial charge < -0.3 is 15.4 Å². The molecule has 1 heterocycles. The Bertz CT molecular complexity index is 563. The van der Waals surface area contributed by atoms with Gasteiger partial charge in [0.05, 0.1) is 18.1 Å². The van der Waals surface area contributed by atoms with Gasteiger partial charge in [-0.25, -0.2) is 8.42 Å². The maximum atomic E-state index is 11.9. The van der Waals surface area contributed by atoms with Crippen LogP contribution < -0.4 is 10.6 Å². The fourth-order valence-electron chi connectivity index (χ4n) is 1.92. The molecule has 0 aliphatic carbocycles. The van der Waals surface area contributed by atoms with E-state index in [9.17, 15) is 13.2 Å². The third-order valence-electron chi connectivity index (χ3n) is 3.05. The highest BCUT2D eigenvalue weighted by Gasteiger charge is 2.15. The van der Waals surface area contributed by atoms with Gasteiger partial charge in [-0.1, -0.05) is 0 Å². The SMILES string of the molecule is CS(=O)(=O)c1ccc(C(=O)NCC2COCCN2)cc1. The second kappa shape index (κ2) is 6.34. The molecule has 6 nitrogen and oxygen atoms in total. The lowest BCUT2D eigenvalue weighted by molar-refractivity contribution is 0.0734. The molecule has 1 atom stereocenters. The number of carbonyl (C=O) groups excluding carboxylic acids is 1. The molecule has 2 N–H and O–H groups in total. The highest BCUT2D eigenvalue weighted by molar-refractivity contribution is 7.90. The Morgan fingerprint density at radius 1 is 1.40 bits per heavy atom. The number of ether oxygens (including phenoxy) is 1. The molecule has 1 aromatic carbocycles. The smallest absolute Gasteiger partial charge is 0.251 e. The van der Waals surface area contributed by atoms with E-state index < -0.39 is 9.84 Å². The topological polar surface area (TPSA) is 84.5 Å². The van der Waals surface area contributed by atoms with Crippen LogP contribution in [0.3, 0.4) is 0 Å². The van der Waals surface area contributed by atoms with E-state index in [1.807, 2.05) is 0 Å². The Hall–Kier alpha value is -1.44. The molecule has 0 spiro atoms. The Morgan fingerprint density at radius 3 is 2.65 bits per heavy atom. The van der Waals surface area contributed by atoms with Gasteiger partial charge in [0.1, 0.15) is 0 Å². The van der Waals surface area contributed by atoms with Crippen molar-refractivity contribution in [2.45, 2.75) is 10.9 Å². The van der Waals surface area contributed by atoms with Gasteiger partial charge in [-0.05, 0) is 24.3 Å². The van der Waals surface area contributed by atoms with E-state index in [0.717, 1.165) is 12.8 Å². The van der Waals surface area contributed by atoms with Crippen LogP contribution >= 0.6 is 0 Å². The summed E-state index contributed by atoms with van der Waals surface area (Å²) in [5.74, 6) is -0.225. The van der Waals surface area contributed by atoms with Crippen LogP contribution in [0.4, 0.5) is 0 Å². The van der Waals surface area contributed by atoms with Crippen LogP contribution in [-0.4, -0.2) is 52.9 Å². The molecule has 0 aromatic heterocycles. The van der Waals surface area contributed by atoms with E-state index in [1.54, 1.807) is 0 Å². The first-order valence-electron chi connectivity index (χ1n) is 6.36. The van der Waals surface area contributed by atoms with Crippen molar-refractivity contribution < 1.29 is 17.9 Å². The van der Waals surface area contributed by atoms with Gasteiger partial charge in [-0.3, -0.25) is 4.79 Å². The van der Waals surface area contributed by atoms with E-state index in [-0.39, 0.29) is 16.8 Å². The van der Waals surface area contributed by atoms with Crippen LogP contribution in [0, 0.1) is 0 Å². The Labute approximate surface area is 118 Å². The minimum Gasteiger partial charge on any atom is -0.378 e. The van der Waals surface area contributed by atoms with E-state index in [0.29, 0.717) is 25.3 Å². The lowest BCUT2D eigenvalue weighted by Gasteiger charge is -2.23. The van der Waals surface area contributed by atoms with Gasteiger partial charge in [-0.2, -0.15) is 0 Å². The minimum absolute atomic E-state index is 0.114. The first-order valence-corrected chi connectivity index (χ1v) is 8.25. The molecule has 0 radical (unpaired) electrons. The number of amides is 1. The highest BCUT2D eigenvalue weighted by atomic mass is 32.2. The Morgan fingerprint density at radius 2 is 2.10 bits per heavy atom. The summed E-state index contributed by atoms with van der Waals surface area (Å²) in [7, 11) is -3.23. The summed E-state index contributed by atoms with van der Waals surface area (Å²) in [6.07, 6.45) is 1.14. The molecule has 1 aromatic rings. The van der Waals surface area contributed by atoms with Gasteiger partial charge in [0, 0.05) is 31.0 Å². The van der Waals surface area contributed by atoms with Crippen molar-refractivity contribution in [1.29, 1.82) is 0 Å². The first kappa shape index (κ1) is 15.0. The average Bonchev–Trinajstić information content (AvgIpc) is 2.45. The number of morpholine rings is 1. The van der Waals surface area contributed by atoms with Crippen LogP contribution in [0.2, 0.25) is 0 Å². The minimum atomic E-state index is -3.23. The molecule has 1 amide bonds. The fourth-order valence-corrected chi connectivity index (χ4v) is 2.55.